The molecule has 1 N–H and O–H groups in total. The summed E-state index contributed by atoms with van der Waals surface area (Å²) in [5, 5.41) is 0. The first kappa shape index (κ1) is 12.7. The van der Waals surface area contributed by atoms with Crippen LogP contribution in [-0.4, -0.2) is 16.6 Å². The average Bonchev–Trinajstić information content (AvgIpc) is 2.51. The lowest BCUT2D eigenvalue weighted by molar-refractivity contribution is 0.0712. The van der Waals surface area contributed by atoms with Crippen LogP contribution in [0.3, 0.4) is 0 Å². The van der Waals surface area contributed by atoms with Gasteiger partial charge in [-0.05, 0) is 44.6 Å². The highest BCUT2D eigenvalue weighted by Crippen LogP contribution is 2.45. The normalized spacial score (nSPS) is 28.0. The Bertz CT molecular complexity index is 741. The number of rotatable bonds is 0. The molecule has 3 aliphatic rings. The maximum atomic E-state index is 12.7. The molecule has 108 valence electrons. The molecular formula is C17H17NO3. The topological polar surface area (TPSA) is 67.0 Å². The molecule has 0 saturated carbocycles. The van der Waals surface area contributed by atoms with Crippen molar-refractivity contribution < 1.29 is 9.59 Å². The number of allylic oxidation sites excluding steroid dienone is 2. The van der Waals surface area contributed by atoms with Crippen molar-refractivity contribution in [2.24, 2.45) is 11.8 Å². The molecule has 0 spiro atoms. The predicted molar refractivity (Wildman–Crippen MR) is 77.4 cm³/mol. The minimum atomic E-state index is -0.318. The van der Waals surface area contributed by atoms with Crippen LogP contribution in [-0.2, 0) is 0 Å². The van der Waals surface area contributed by atoms with E-state index < -0.39 is 0 Å². The lowest BCUT2D eigenvalue weighted by Crippen LogP contribution is -2.41. The Balaban J connectivity index is 1.80. The number of hydrogen-bond donors (Lipinski definition) is 1. The van der Waals surface area contributed by atoms with Gasteiger partial charge in [-0.2, -0.15) is 0 Å². The number of carbonyl (C=O) groups is 2. The summed E-state index contributed by atoms with van der Waals surface area (Å²) in [7, 11) is 0. The maximum Gasteiger partial charge on any atom is 0.248 e. The lowest BCUT2D eigenvalue weighted by atomic mass is 9.65. The minimum Gasteiger partial charge on any atom is -0.319 e. The van der Waals surface area contributed by atoms with Crippen LogP contribution < -0.4 is 5.56 Å². The summed E-state index contributed by atoms with van der Waals surface area (Å²) in [5.74, 6) is -0.500. The number of nitrogens with one attached hydrogen (secondary N) is 1. The molecule has 1 aromatic heterocycles. The van der Waals surface area contributed by atoms with Crippen LogP contribution in [0.1, 0.15) is 59.4 Å². The zero-order chi connectivity index (χ0) is 14.6. The highest BCUT2D eigenvalue weighted by Gasteiger charge is 2.45. The van der Waals surface area contributed by atoms with Crippen molar-refractivity contribution in [3.8, 4) is 0 Å². The van der Waals surface area contributed by atoms with Crippen molar-refractivity contribution >= 4 is 11.6 Å². The monoisotopic (exact) mass is 283 g/mol. The van der Waals surface area contributed by atoms with Crippen molar-refractivity contribution in [1.29, 1.82) is 0 Å². The second-order valence-corrected chi connectivity index (χ2v) is 6.38. The highest BCUT2D eigenvalue weighted by molar-refractivity contribution is 6.15. The van der Waals surface area contributed by atoms with Crippen molar-refractivity contribution in [2.45, 2.75) is 38.5 Å². The van der Waals surface area contributed by atoms with Crippen molar-refractivity contribution in [1.82, 2.24) is 4.98 Å². The van der Waals surface area contributed by atoms with Crippen LogP contribution >= 0.6 is 0 Å². The Morgan fingerprint density at radius 2 is 1.48 bits per heavy atom. The van der Waals surface area contributed by atoms with Gasteiger partial charge in [-0.25, -0.2) is 0 Å². The fourth-order valence-corrected chi connectivity index (χ4v) is 4.15. The van der Waals surface area contributed by atoms with Gasteiger partial charge in [0.25, 0.3) is 0 Å². The van der Waals surface area contributed by atoms with Crippen molar-refractivity contribution in [2.75, 3.05) is 0 Å². The number of hydrogen-bond acceptors (Lipinski definition) is 3. The summed E-state index contributed by atoms with van der Waals surface area (Å²) in [5.41, 5.74) is 3.12. The SMILES string of the molecule is O=C1c2ccc(=O)[nH]c2C(=O)C2CC3=C(CCCC3)CC12. The quantitative estimate of drug-likeness (QED) is 0.744. The molecule has 0 aliphatic heterocycles. The van der Waals surface area contributed by atoms with E-state index in [-0.39, 0.29) is 34.7 Å². The summed E-state index contributed by atoms with van der Waals surface area (Å²) < 4.78 is 0. The molecule has 21 heavy (non-hydrogen) atoms. The number of Topliss-reactive ketones (excluding diaryl/α,β-unsaturated/α-hetero) is 2. The van der Waals surface area contributed by atoms with Gasteiger partial charge in [-0.3, -0.25) is 14.4 Å². The Labute approximate surface area is 122 Å². The number of ketones is 2. The summed E-state index contributed by atoms with van der Waals surface area (Å²) in [6, 6.07) is 2.84. The molecule has 2 unspecified atom stereocenters. The van der Waals surface area contributed by atoms with E-state index >= 15 is 0 Å². The summed E-state index contributed by atoms with van der Waals surface area (Å²) >= 11 is 0. The highest BCUT2D eigenvalue weighted by atomic mass is 16.1. The predicted octanol–water partition coefficient (Wildman–Crippen LogP) is 2.65. The molecule has 0 fully saturated rings. The summed E-state index contributed by atoms with van der Waals surface area (Å²) in [4.78, 5) is 39.4. The Morgan fingerprint density at radius 3 is 2.14 bits per heavy atom. The molecule has 2 atom stereocenters. The average molecular weight is 283 g/mol. The smallest absolute Gasteiger partial charge is 0.248 e. The van der Waals surface area contributed by atoms with Crippen molar-refractivity contribution in [3.05, 3.63) is 44.9 Å². The van der Waals surface area contributed by atoms with Crippen LogP contribution in [0.25, 0.3) is 0 Å². The molecule has 3 aliphatic carbocycles. The molecule has 0 aromatic carbocycles. The van der Waals surface area contributed by atoms with Gasteiger partial charge in [-0.15, -0.1) is 0 Å². The lowest BCUT2D eigenvalue weighted by Gasteiger charge is -2.38. The molecule has 4 rings (SSSR count). The van der Waals surface area contributed by atoms with Crippen LogP contribution in [0.5, 0.6) is 0 Å². The molecule has 0 radical (unpaired) electrons. The second-order valence-electron chi connectivity index (χ2n) is 6.38. The number of fused-ring (bicyclic) bond motifs is 2. The van der Waals surface area contributed by atoms with Crippen molar-refractivity contribution in [3.63, 3.8) is 0 Å². The van der Waals surface area contributed by atoms with E-state index in [9.17, 15) is 14.4 Å². The van der Waals surface area contributed by atoms with Gasteiger partial charge < -0.3 is 4.98 Å². The molecule has 4 nitrogen and oxygen atoms in total. The van der Waals surface area contributed by atoms with E-state index in [0.717, 1.165) is 19.3 Å². The molecule has 4 heteroatoms. The number of aromatic nitrogens is 1. The summed E-state index contributed by atoms with van der Waals surface area (Å²) in [6.07, 6.45) is 5.98. The molecule has 0 bridgehead atoms. The third kappa shape index (κ3) is 1.85. The standard InChI is InChI=1S/C17H17NO3/c19-14-6-5-11-15(18-14)17(21)13-8-10-4-2-1-3-9(10)7-12(13)16(11)20/h5-6,12-13H,1-4,7-8H2,(H,18,19). The van der Waals surface area contributed by atoms with E-state index in [1.165, 1.54) is 36.1 Å². The van der Waals surface area contributed by atoms with Gasteiger partial charge in [0, 0.05) is 23.5 Å². The second kappa shape index (κ2) is 4.52. The Hall–Kier alpha value is -1.97. The van der Waals surface area contributed by atoms with Gasteiger partial charge >= 0.3 is 0 Å². The zero-order valence-corrected chi connectivity index (χ0v) is 11.8. The number of carbonyl (C=O) groups excluding carboxylic acids is 2. The first-order chi connectivity index (χ1) is 10.1. The van der Waals surface area contributed by atoms with Gasteiger partial charge in [0.2, 0.25) is 5.56 Å². The maximum absolute atomic E-state index is 12.7. The fourth-order valence-electron chi connectivity index (χ4n) is 4.15. The molecular weight excluding hydrogens is 266 g/mol. The van der Waals surface area contributed by atoms with Gasteiger partial charge in [0.05, 0.1) is 5.69 Å². The van der Waals surface area contributed by atoms with E-state index in [4.69, 9.17) is 0 Å². The largest absolute Gasteiger partial charge is 0.319 e. The first-order valence-corrected chi connectivity index (χ1v) is 7.66. The number of H-pyrrole nitrogens is 1. The van der Waals surface area contributed by atoms with Crippen LogP contribution in [0.2, 0.25) is 0 Å². The number of pyridine rings is 1. The molecule has 1 heterocycles. The van der Waals surface area contributed by atoms with E-state index in [1.807, 2.05) is 0 Å². The third-order valence-corrected chi connectivity index (χ3v) is 5.23. The van der Waals surface area contributed by atoms with Gasteiger partial charge in [0.1, 0.15) is 0 Å². The fraction of sp³-hybridized carbons (Fsp3) is 0.471. The van der Waals surface area contributed by atoms with E-state index in [2.05, 4.69) is 4.98 Å². The minimum absolute atomic E-state index is 0.0305. The third-order valence-electron chi connectivity index (χ3n) is 5.23. The molecule has 0 amide bonds. The zero-order valence-electron chi connectivity index (χ0n) is 11.8. The Morgan fingerprint density at radius 1 is 0.857 bits per heavy atom. The van der Waals surface area contributed by atoms with Crippen LogP contribution in [0.15, 0.2) is 28.1 Å². The molecule has 1 aromatic rings. The van der Waals surface area contributed by atoms with Crippen LogP contribution in [0.4, 0.5) is 0 Å². The van der Waals surface area contributed by atoms with Crippen LogP contribution in [0, 0.1) is 11.8 Å². The van der Waals surface area contributed by atoms with E-state index in [1.54, 1.807) is 0 Å². The number of aromatic amines is 1. The van der Waals surface area contributed by atoms with Gasteiger partial charge in [0.15, 0.2) is 11.6 Å². The molecule has 0 saturated heterocycles. The summed E-state index contributed by atoms with van der Waals surface area (Å²) in [6.45, 7) is 0. The first-order valence-electron chi connectivity index (χ1n) is 7.66. The Kier molecular flexibility index (Phi) is 2.74. The van der Waals surface area contributed by atoms with E-state index in [0.29, 0.717) is 12.0 Å². The van der Waals surface area contributed by atoms with Gasteiger partial charge in [-0.1, -0.05) is 11.1 Å².